The van der Waals surface area contributed by atoms with E-state index in [1.54, 1.807) is 5.38 Å². The first kappa shape index (κ1) is 10.4. The van der Waals surface area contributed by atoms with Crippen molar-refractivity contribution in [3.05, 3.63) is 20.7 Å². The third-order valence-corrected chi connectivity index (χ3v) is 3.48. The molecule has 1 fully saturated rings. The predicted molar refractivity (Wildman–Crippen MR) is 59.3 cm³/mol. The highest BCUT2D eigenvalue weighted by Crippen LogP contribution is 2.18. The van der Waals surface area contributed by atoms with Crippen LogP contribution >= 0.6 is 11.3 Å². The fourth-order valence-corrected chi connectivity index (χ4v) is 2.49. The van der Waals surface area contributed by atoms with Crippen molar-refractivity contribution in [2.75, 3.05) is 6.54 Å². The van der Waals surface area contributed by atoms with E-state index in [4.69, 9.17) is 0 Å². The Morgan fingerprint density at radius 1 is 1.60 bits per heavy atom. The molecule has 0 bridgehead atoms. The number of thiazole rings is 1. The van der Waals surface area contributed by atoms with Crippen LogP contribution in [0.3, 0.4) is 0 Å². The Hall–Kier alpha value is -1.10. The molecule has 1 aromatic rings. The zero-order valence-electron chi connectivity index (χ0n) is 8.66. The van der Waals surface area contributed by atoms with Gasteiger partial charge in [-0.1, -0.05) is 11.3 Å². The second kappa shape index (κ2) is 4.18. The second-order valence-electron chi connectivity index (χ2n) is 3.91. The van der Waals surface area contributed by atoms with Gasteiger partial charge in [0.15, 0.2) is 0 Å². The van der Waals surface area contributed by atoms with Crippen LogP contribution in [-0.4, -0.2) is 28.4 Å². The van der Waals surface area contributed by atoms with Gasteiger partial charge in [0, 0.05) is 18.0 Å². The molecule has 5 heteroatoms. The van der Waals surface area contributed by atoms with Gasteiger partial charge in [-0.2, -0.15) is 0 Å². The maximum Gasteiger partial charge on any atom is 0.305 e. The highest BCUT2D eigenvalue weighted by molar-refractivity contribution is 7.07. The molecule has 1 unspecified atom stereocenters. The molecule has 1 amide bonds. The fourth-order valence-electron chi connectivity index (χ4n) is 1.94. The van der Waals surface area contributed by atoms with Crippen molar-refractivity contribution in [2.45, 2.75) is 32.2 Å². The summed E-state index contributed by atoms with van der Waals surface area (Å²) in [5.74, 6) is -0.0412. The highest BCUT2D eigenvalue weighted by Gasteiger charge is 2.24. The average molecular weight is 226 g/mol. The summed E-state index contributed by atoms with van der Waals surface area (Å²) in [6.07, 6.45) is 3.30. The molecule has 0 radical (unpaired) electrons. The van der Waals surface area contributed by atoms with Crippen LogP contribution in [0, 0.1) is 0 Å². The second-order valence-corrected chi connectivity index (χ2v) is 4.75. The molecule has 2 heterocycles. The molecule has 1 aliphatic rings. The van der Waals surface area contributed by atoms with E-state index in [-0.39, 0.29) is 16.8 Å². The normalized spacial score (nSPS) is 21.7. The molecule has 82 valence electrons. The molecule has 1 aliphatic heterocycles. The highest BCUT2D eigenvalue weighted by atomic mass is 32.1. The van der Waals surface area contributed by atoms with Crippen LogP contribution in [0.15, 0.2) is 10.2 Å². The number of piperidine rings is 1. The van der Waals surface area contributed by atoms with Crippen molar-refractivity contribution >= 4 is 17.2 Å². The number of aromatic nitrogens is 1. The number of rotatable bonds is 1. The summed E-state index contributed by atoms with van der Waals surface area (Å²) in [6, 6.07) is 0.287. The van der Waals surface area contributed by atoms with E-state index >= 15 is 0 Å². The maximum atomic E-state index is 12.0. The zero-order chi connectivity index (χ0) is 10.8. The summed E-state index contributed by atoms with van der Waals surface area (Å²) in [7, 11) is 0. The number of H-pyrrole nitrogens is 1. The van der Waals surface area contributed by atoms with Crippen LogP contribution in [0.4, 0.5) is 0 Å². The van der Waals surface area contributed by atoms with Crippen LogP contribution in [0.1, 0.15) is 36.7 Å². The van der Waals surface area contributed by atoms with E-state index in [2.05, 4.69) is 11.9 Å². The number of hydrogen-bond donors (Lipinski definition) is 1. The molecule has 15 heavy (non-hydrogen) atoms. The monoisotopic (exact) mass is 226 g/mol. The van der Waals surface area contributed by atoms with Gasteiger partial charge in [-0.15, -0.1) is 0 Å². The fraction of sp³-hybridized carbons (Fsp3) is 0.600. The largest absolute Gasteiger partial charge is 0.335 e. The van der Waals surface area contributed by atoms with Crippen molar-refractivity contribution in [1.82, 2.24) is 9.88 Å². The van der Waals surface area contributed by atoms with Gasteiger partial charge in [0.05, 0.1) is 0 Å². The summed E-state index contributed by atoms with van der Waals surface area (Å²) in [6.45, 7) is 2.86. The van der Waals surface area contributed by atoms with Crippen LogP contribution < -0.4 is 4.87 Å². The van der Waals surface area contributed by atoms with Crippen LogP contribution in [0.2, 0.25) is 0 Å². The molecule has 1 N–H and O–H groups in total. The molecule has 0 aliphatic carbocycles. The Morgan fingerprint density at radius 3 is 3.00 bits per heavy atom. The van der Waals surface area contributed by atoms with Gasteiger partial charge in [-0.05, 0) is 26.2 Å². The topological polar surface area (TPSA) is 53.2 Å². The molecular weight excluding hydrogens is 212 g/mol. The van der Waals surface area contributed by atoms with Crippen molar-refractivity contribution in [3.63, 3.8) is 0 Å². The average Bonchev–Trinajstić information content (AvgIpc) is 2.65. The van der Waals surface area contributed by atoms with Gasteiger partial charge >= 0.3 is 4.87 Å². The Balaban J connectivity index is 2.16. The lowest BCUT2D eigenvalue weighted by molar-refractivity contribution is 0.0630. The molecule has 2 rings (SSSR count). The minimum atomic E-state index is -0.164. The van der Waals surface area contributed by atoms with E-state index in [0.717, 1.165) is 30.7 Å². The Morgan fingerprint density at radius 2 is 2.40 bits per heavy atom. The Labute approximate surface area is 91.9 Å². The van der Waals surface area contributed by atoms with Crippen molar-refractivity contribution in [2.24, 2.45) is 0 Å². The molecular formula is C10H14N2O2S. The van der Waals surface area contributed by atoms with Gasteiger partial charge in [0.25, 0.3) is 5.91 Å². The lowest BCUT2D eigenvalue weighted by Gasteiger charge is -2.32. The van der Waals surface area contributed by atoms with E-state index in [0.29, 0.717) is 5.69 Å². The lowest BCUT2D eigenvalue weighted by Crippen LogP contribution is -2.42. The first-order valence-electron chi connectivity index (χ1n) is 5.17. The molecule has 1 saturated heterocycles. The number of likely N-dealkylation sites (tertiary alicyclic amines) is 1. The van der Waals surface area contributed by atoms with Gasteiger partial charge in [0.2, 0.25) is 0 Å². The van der Waals surface area contributed by atoms with Gasteiger partial charge in [0.1, 0.15) is 5.69 Å². The smallest absolute Gasteiger partial charge is 0.305 e. The van der Waals surface area contributed by atoms with Crippen molar-refractivity contribution in [3.8, 4) is 0 Å². The van der Waals surface area contributed by atoms with Crippen LogP contribution in [0.5, 0.6) is 0 Å². The van der Waals surface area contributed by atoms with Crippen LogP contribution in [-0.2, 0) is 0 Å². The Kier molecular flexibility index (Phi) is 2.90. The van der Waals surface area contributed by atoms with E-state index in [1.807, 2.05) is 4.90 Å². The summed E-state index contributed by atoms with van der Waals surface area (Å²) in [4.78, 5) is 27.2. The molecule has 0 spiro atoms. The van der Waals surface area contributed by atoms with Crippen molar-refractivity contribution in [1.29, 1.82) is 0 Å². The number of nitrogens with one attached hydrogen (secondary N) is 1. The third kappa shape index (κ3) is 2.12. The molecule has 0 aromatic carbocycles. The maximum absolute atomic E-state index is 12.0. The van der Waals surface area contributed by atoms with E-state index < -0.39 is 0 Å². The van der Waals surface area contributed by atoms with Crippen molar-refractivity contribution < 1.29 is 4.79 Å². The minimum Gasteiger partial charge on any atom is -0.335 e. The Bertz CT molecular complexity index is 410. The van der Waals surface area contributed by atoms with E-state index in [1.165, 1.54) is 6.42 Å². The van der Waals surface area contributed by atoms with Crippen LogP contribution in [0.25, 0.3) is 0 Å². The van der Waals surface area contributed by atoms with Gasteiger partial charge < -0.3 is 9.88 Å². The quantitative estimate of drug-likeness (QED) is 0.788. The standard InChI is InChI=1S/C10H14N2O2S/c1-7-4-2-3-5-12(7)9(13)8-6-15-10(14)11-8/h6-7H,2-5H2,1H3,(H,11,14). The SMILES string of the molecule is CC1CCCCN1C(=O)c1csc(=O)[nH]1. The summed E-state index contributed by atoms with van der Waals surface area (Å²) in [5, 5.41) is 1.60. The number of amides is 1. The predicted octanol–water partition coefficient (Wildman–Crippen LogP) is 1.45. The summed E-state index contributed by atoms with van der Waals surface area (Å²) < 4.78 is 0. The number of carbonyl (C=O) groups excluding carboxylic acids is 1. The molecule has 0 saturated carbocycles. The number of carbonyl (C=O) groups is 1. The third-order valence-electron chi connectivity index (χ3n) is 2.81. The number of aromatic amines is 1. The molecule has 1 atom stereocenters. The first-order chi connectivity index (χ1) is 7.18. The first-order valence-corrected chi connectivity index (χ1v) is 6.05. The number of nitrogens with zero attached hydrogens (tertiary/aromatic N) is 1. The minimum absolute atomic E-state index is 0.0412. The number of hydrogen-bond acceptors (Lipinski definition) is 3. The molecule has 1 aromatic heterocycles. The zero-order valence-corrected chi connectivity index (χ0v) is 9.47. The van der Waals surface area contributed by atoms with Gasteiger partial charge in [-0.25, -0.2) is 0 Å². The summed E-state index contributed by atoms with van der Waals surface area (Å²) in [5.41, 5.74) is 0.429. The summed E-state index contributed by atoms with van der Waals surface area (Å²) >= 11 is 1.04. The van der Waals surface area contributed by atoms with Gasteiger partial charge in [-0.3, -0.25) is 9.59 Å². The molecule has 4 nitrogen and oxygen atoms in total. The lowest BCUT2D eigenvalue weighted by atomic mass is 10.0. The van der Waals surface area contributed by atoms with E-state index in [9.17, 15) is 9.59 Å².